The van der Waals surface area contributed by atoms with E-state index in [-0.39, 0.29) is 5.11 Å². The van der Waals surface area contributed by atoms with E-state index in [0.717, 1.165) is 14.7 Å². The van der Waals surface area contributed by atoms with Crippen LogP contribution in [0.15, 0.2) is 22.6 Å². The van der Waals surface area contributed by atoms with Crippen LogP contribution >= 0.6 is 23.6 Å². The molecule has 7 nitrogen and oxygen atoms in total. The lowest BCUT2D eigenvalue weighted by molar-refractivity contribution is -0.560. The van der Waals surface area contributed by atoms with E-state index in [4.69, 9.17) is 18.0 Å². The molecule has 0 amide bonds. The molecular formula is C13H19N5O2S2. The zero-order valence-electron chi connectivity index (χ0n) is 12.8. The molecule has 0 unspecified atom stereocenters. The molecule has 4 N–H and O–H groups in total. The van der Waals surface area contributed by atoms with E-state index in [0.29, 0.717) is 11.4 Å². The first kappa shape index (κ1) is 16.8. The number of hydrazone groups is 1. The van der Waals surface area contributed by atoms with E-state index in [9.17, 15) is 10.4 Å². The summed E-state index contributed by atoms with van der Waals surface area (Å²) in [6, 6.07) is 3.72. The molecule has 1 aliphatic rings. The third-order valence-corrected chi connectivity index (χ3v) is 4.86. The third kappa shape index (κ3) is 2.39. The van der Waals surface area contributed by atoms with Crippen molar-refractivity contribution >= 4 is 40.1 Å². The maximum absolute atomic E-state index is 12.9. The first-order chi connectivity index (χ1) is 10.1. The molecule has 0 saturated heterocycles. The number of rotatable bonds is 3. The van der Waals surface area contributed by atoms with Gasteiger partial charge in [0.25, 0.3) is 5.66 Å². The summed E-state index contributed by atoms with van der Waals surface area (Å²) in [5, 5.41) is 30.5. The van der Waals surface area contributed by atoms with Crippen molar-refractivity contribution in [1.29, 1.82) is 0 Å². The van der Waals surface area contributed by atoms with Gasteiger partial charge in [0.2, 0.25) is 5.71 Å². The standard InChI is InChI=1S/C13H19N5O2S2/c1-8(15-16-11(14)21)13(4)17(19)10(9-6-5-7-22-9)12(2,3)18(13)20/h5-7,20H,1-4H3,(H3,14,16,21)/b15-8-/t13-/m1/s1. The molecule has 0 radical (unpaired) electrons. The fraction of sp³-hybridized carbons (Fsp3) is 0.462. The van der Waals surface area contributed by atoms with Crippen molar-refractivity contribution in [2.24, 2.45) is 10.8 Å². The molecule has 1 aromatic rings. The molecule has 2 rings (SSSR count). The normalized spacial score (nSPS) is 25.6. The van der Waals surface area contributed by atoms with Crippen LogP contribution in [-0.2, 0) is 0 Å². The number of thiophene rings is 1. The zero-order chi connectivity index (χ0) is 16.7. The fourth-order valence-corrected chi connectivity index (χ4v) is 3.51. The van der Waals surface area contributed by atoms with Crippen LogP contribution < -0.4 is 11.2 Å². The molecule has 0 saturated carbocycles. The van der Waals surface area contributed by atoms with Crippen LogP contribution in [0, 0.1) is 5.21 Å². The number of nitrogens with zero attached hydrogens (tertiary/aromatic N) is 3. The summed E-state index contributed by atoms with van der Waals surface area (Å²) in [4.78, 5) is 0.804. The van der Waals surface area contributed by atoms with Gasteiger partial charge in [-0.15, -0.1) is 16.4 Å². The van der Waals surface area contributed by atoms with Gasteiger partial charge in [0.1, 0.15) is 11.3 Å². The fourth-order valence-electron chi connectivity index (χ4n) is 2.56. The molecule has 9 heteroatoms. The number of hydrogen-bond donors (Lipinski definition) is 3. The molecule has 1 aromatic heterocycles. The van der Waals surface area contributed by atoms with E-state index in [1.807, 2.05) is 17.5 Å². The molecule has 0 aliphatic carbocycles. The van der Waals surface area contributed by atoms with Crippen molar-refractivity contribution in [1.82, 2.24) is 10.5 Å². The predicted octanol–water partition coefficient (Wildman–Crippen LogP) is 1.46. The van der Waals surface area contributed by atoms with Gasteiger partial charge in [0.15, 0.2) is 5.11 Å². The molecule has 0 bridgehead atoms. The van der Waals surface area contributed by atoms with Gasteiger partial charge in [-0.2, -0.15) is 9.84 Å². The summed E-state index contributed by atoms with van der Waals surface area (Å²) in [5.41, 5.74) is 6.40. The molecule has 1 atom stereocenters. The van der Waals surface area contributed by atoms with Crippen molar-refractivity contribution in [3.05, 3.63) is 27.6 Å². The first-order valence-corrected chi connectivity index (χ1v) is 7.90. The Kier molecular flexibility index (Phi) is 4.26. The monoisotopic (exact) mass is 341 g/mol. The molecular weight excluding hydrogens is 322 g/mol. The van der Waals surface area contributed by atoms with Gasteiger partial charge >= 0.3 is 0 Å². The second kappa shape index (κ2) is 5.58. The topological polar surface area (TPSA) is 100.0 Å². The van der Waals surface area contributed by atoms with Gasteiger partial charge in [0.05, 0.1) is 4.88 Å². The minimum Gasteiger partial charge on any atom is -0.622 e. The summed E-state index contributed by atoms with van der Waals surface area (Å²) < 4.78 is 0.791. The smallest absolute Gasteiger partial charge is 0.289 e. The Morgan fingerprint density at radius 1 is 1.55 bits per heavy atom. The number of nitrogens with two attached hydrogens (primary N) is 1. The highest BCUT2D eigenvalue weighted by Gasteiger charge is 2.61. The summed E-state index contributed by atoms with van der Waals surface area (Å²) in [6.45, 7) is 6.80. The Bertz CT molecular complexity index is 653. The summed E-state index contributed by atoms with van der Waals surface area (Å²) in [7, 11) is 0. The minimum absolute atomic E-state index is 0.00962. The van der Waals surface area contributed by atoms with Crippen LogP contribution in [-0.4, -0.2) is 42.7 Å². The van der Waals surface area contributed by atoms with Gasteiger partial charge in [0, 0.05) is 6.92 Å². The van der Waals surface area contributed by atoms with Crippen LogP contribution in [0.25, 0.3) is 0 Å². The van der Waals surface area contributed by atoms with Gasteiger partial charge in [-0.05, 0) is 44.4 Å². The number of nitrogens with one attached hydrogen (secondary N) is 1. The quantitative estimate of drug-likeness (QED) is 0.253. The molecule has 0 fully saturated rings. The molecule has 1 aliphatic heterocycles. The van der Waals surface area contributed by atoms with Gasteiger partial charge in [-0.3, -0.25) is 5.43 Å². The lowest BCUT2D eigenvalue weighted by Gasteiger charge is -2.32. The molecule has 2 heterocycles. The molecule has 22 heavy (non-hydrogen) atoms. The third-order valence-electron chi connectivity index (χ3n) is 3.89. The van der Waals surface area contributed by atoms with Crippen molar-refractivity contribution < 1.29 is 9.95 Å². The number of hydrogen-bond acceptors (Lipinski definition) is 6. The highest BCUT2D eigenvalue weighted by molar-refractivity contribution is 7.80. The van der Waals surface area contributed by atoms with E-state index in [1.54, 1.807) is 27.7 Å². The Morgan fingerprint density at radius 3 is 2.68 bits per heavy atom. The van der Waals surface area contributed by atoms with Gasteiger partial charge in [-0.1, -0.05) is 6.07 Å². The Morgan fingerprint density at radius 2 is 2.18 bits per heavy atom. The molecule has 0 spiro atoms. The van der Waals surface area contributed by atoms with E-state index in [1.165, 1.54) is 11.3 Å². The molecule has 120 valence electrons. The zero-order valence-corrected chi connectivity index (χ0v) is 14.5. The maximum Gasteiger partial charge on any atom is 0.289 e. The van der Waals surface area contributed by atoms with Crippen LogP contribution in [0.2, 0.25) is 0 Å². The van der Waals surface area contributed by atoms with Gasteiger partial charge < -0.3 is 16.1 Å². The van der Waals surface area contributed by atoms with Crippen molar-refractivity contribution in [2.75, 3.05) is 0 Å². The number of hydroxylamine groups is 3. The van der Waals surface area contributed by atoms with Crippen molar-refractivity contribution in [3.63, 3.8) is 0 Å². The van der Waals surface area contributed by atoms with Crippen LogP contribution in [0.1, 0.15) is 32.6 Å². The average molecular weight is 341 g/mol. The largest absolute Gasteiger partial charge is 0.622 e. The van der Waals surface area contributed by atoms with E-state index >= 15 is 0 Å². The van der Waals surface area contributed by atoms with E-state index < -0.39 is 11.2 Å². The van der Waals surface area contributed by atoms with Gasteiger partial charge in [-0.25, -0.2) is 0 Å². The molecule has 0 aromatic carbocycles. The Labute approximate surface area is 138 Å². The Hall–Kier alpha value is -1.55. The predicted molar refractivity (Wildman–Crippen MR) is 91.2 cm³/mol. The number of thiocarbonyl (C=S) groups is 1. The average Bonchev–Trinajstić information content (AvgIpc) is 2.99. The van der Waals surface area contributed by atoms with Crippen LogP contribution in [0.5, 0.6) is 0 Å². The maximum atomic E-state index is 12.9. The van der Waals surface area contributed by atoms with Crippen LogP contribution in [0.3, 0.4) is 0 Å². The highest BCUT2D eigenvalue weighted by Crippen LogP contribution is 2.37. The second-order valence-electron chi connectivity index (χ2n) is 5.69. The summed E-state index contributed by atoms with van der Waals surface area (Å²) in [6.07, 6.45) is 0. The minimum atomic E-state index is -1.36. The van der Waals surface area contributed by atoms with E-state index in [2.05, 4.69) is 10.5 Å². The van der Waals surface area contributed by atoms with Crippen LogP contribution in [0.4, 0.5) is 0 Å². The Balaban J connectivity index is 2.57. The summed E-state index contributed by atoms with van der Waals surface area (Å²) in [5.74, 6) is 0. The lowest BCUT2D eigenvalue weighted by Crippen LogP contribution is -2.57. The SMILES string of the molecule is C/C(=N/NC(N)=S)[C@@]1(C)N(O)C(C)(C)C(c2cccs2)=[N+]1[O-]. The first-order valence-electron chi connectivity index (χ1n) is 6.61. The van der Waals surface area contributed by atoms with Crippen molar-refractivity contribution in [3.8, 4) is 0 Å². The second-order valence-corrected chi connectivity index (χ2v) is 7.07. The van der Waals surface area contributed by atoms with Crippen molar-refractivity contribution in [2.45, 2.75) is 38.9 Å². The lowest BCUT2D eigenvalue weighted by atomic mass is 9.97. The summed E-state index contributed by atoms with van der Waals surface area (Å²) >= 11 is 6.15. The highest BCUT2D eigenvalue weighted by atomic mass is 32.1.